The second-order valence-electron chi connectivity index (χ2n) is 6.13. The zero-order valence-corrected chi connectivity index (χ0v) is 14.5. The molecule has 1 atom stereocenters. The molecule has 0 spiro atoms. The number of hydrogen-bond donors (Lipinski definition) is 1. The molecule has 0 aliphatic carbocycles. The molecular formula is C16H17N5O6. The van der Waals surface area contributed by atoms with Crippen LogP contribution in [-0.4, -0.2) is 46.0 Å². The monoisotopic (exact) mass is 375 g/mol. The highest BCUT2D eigenvalue weighted by atomic mass is 16.6. The first kappa shape index (κ1) is 18.3. The number of H-pyrrole nitrogens is 1. The number of carbonyl (C=O) groups is 1. The van der Waals surface area contributed by atoms with Gasteiger partial charge in [-0.25, -0.2) is 9.78 Å². The van der Waals surface area contributed by atoms with Crippen LogP contribution in [0.5, 0.6) is 0 Å². The highest BCUT2D eigenvalue weighted by molar-refractivity contribution is 5.99. The molecule has 27 heavy (non-hydrogen) atoms. The molecule has 0 radical (unpaired) electrons. The summed E-state index contributed by atoms with van der Waals surface area (Å²) in [5.41, 5.74) is -1.19. The molecule has 1 aliphatic heterocycles. The van der Waals surface area contributed by atoms with Gasteiger partial charge in [0.1, 0.15) is 11.5 Å². The summed E-state index contributed by atoms with van der Waals surface area (Å²) in [6.07, 6.45) is 4.88. The first-order valence-corrected chi connectivity index (χ1v) is 8.21. The Labute approximate surface area is 153 Å². The molecule has 2 heterocycles. The fourth-order valence-corrected chi connectivity index (χ4v) is 3.35. The number of aromatic amines is 1. The van der Waals surface area contributed by atoms with E-state index in [2.05, 4.69) is 9.97 Å². The van der Waals surface area contributed by atoms with Crippen LogP contribution in [0.3, 0.4) is 0 Å². The number of aromatic nitrogens is 2. The van der Waals surface area contributed by atoms with Gasteiger partial charge in [0, 0.05) is 37.5 Å². The number of anilines is 1. The molecule has 2 aromatic rings. The van der Waals surface area contributed by atoms with Gasteiger partial charge < -0.3 is 14.6 Å². The van der Waals surface area contributed by atoms with Crippen LogP contribution in [0.2, 0.25) is 0 Å². The van der Waals surface area contributed by atoms with Gasteiger partial charge in [0.05, 0.1) is 28.6 Å². The molecule has 3 rings (SSSR count). The summed E-state index contributed by atoms with van der Waals surface area (Å²) in [5.74, 6) is -0.116. The molecule has 1 aromatic heterocycles. The van der Waals surface area contributed by atoms with E-state index in [0.717, 1.165) is 37.9 Å². The quantitative estimate of drug-likeness (QED) is 0.476. The summed E-state index contributed by atoms with van der Waals surface area (Å²) in [4.78, 5) is 42.4. The highest BCUT2D eigenvalue weighted by Gasteiger charge is 2.34. The van der Waals surface area contributed by atoms with Crippen molar-refractivity contribution in [3.8, 4) is 0 Å². The van der Waals surface area contributed by atoms with E-state index >= 15 is 0 Å². The summed E-state index contributed by atoms with van der Waals surface area (Å²) in [5, 5.41) is 22.7. The van der Waals surface area contributed by atoms with E-state index in [4.69, 9.17) is 4.74 Å². The minimum atomic E-state index is -0.864. The van der Waals surface area contributed by atoms with Crippen LogP contribution in [-0.2, 0) is 4.74 Å². The number of hydrogen-bond acceptors (Lipinski definition) is 8. The largest absolute Gasteiger partial charge is 0.465 e. The maximum absolute atomic E-state index is 12.2. The molecule has 11 nitrogen and oxygen atoms in total. The van der Waals surface area contributed by atoms with Crippen LogP contribution in [0, 0.1) is 20.2 Å². The first-order valence-electron chi connectivity index (χ1n) is 8.21. The van der Waals surface area contributed by atoms with Crippen molar-refractivity contribution in [2.75, 3.05) is 25.1 Å². The maximum atomic E-state index is 12.2. The zero-order valence-electron chi connectivity index (χ0n) is 14.5. The number of esters is 1. The number of nitrogens with one attached hydrogen (secondary N) is 1. The Morgan fingerprint density at radius 1 is 1.33 bits per heavy atom. The number of methoxy groups -OCH3 is 1. The fourth-order valence-electron chi connectivity index (χ4n) is 3.35. The minimum absolute atomic E-state index is 0.00552. The molecule has 0 bridgehead atoms. The Morgan fingerprint density at radius 2 is 2.11 bits per heavy atom. The van der Waals surface area contributed by atoms with Gasteiger partial charge in [-0.15, -0.1) is 0 Å². The standard InChI is InChI=1S/C16H17N5O6/c1-27-16(22)12-7-11(20(23)24)8-13(21(25)26)14(12)19-6-2-3-10(9-19)15-17-4-5-18-15/h4-5,7-8,10H,2-3,6,9H2,1H3,(H,17,18). The summed E-state index contributed by atoms with van der Waals surface area (Å²) < 4.78 is 4.71. The average molecular weight is 375 g/mol. The van der Waals surface area contributed by atoms with Crippen molar-refractivity contribution < 1.29 is 19.4 Å². The topological polar surface area (TPSA) is 144 Å². The molecule has 1 saturated heterocycles. The van der Waals surface area contributed by atoms with E-state index in [0.29, 0.717) is 13.1 Å². The number of ether oxygens (including phenoxy) is 1. The van der Waals surface area contributed by atoms with Gasteiger partial charge in [0.15, 0.2) is 0 Å². The maximum Gasteiger partial charge on any atom is 0.340 e. The minimum Gasteiger partial charge on any atom is -0.465 e. The van der Waals surface area contributed by atoms with Gasteiger partial charge >= 0.3 is 5.97 Å². The van der Waals surface area contributed by atoms with Gasteiger partial charge in [0.2, 0.25) is 0 Å². The molecule has 1 N–H and O–H groups in total. The summed E-state index contributed by atoms with van der Waals surface area (Å²) in [6.45, 7) is 0.857. The Hall–Kier alpha value is -3.50. The lowest BCUT2D eigenvalue weighted by Crippen LogP contribution is -2.36. The number of imidazole rings is 1. The van der Waals surface area contributed by atoms with Crippen LogP contribution in [0.25, 0.3) is 0 Å². The third kappa shape index (κ3) is 3.57. The summed E-state index contributed by atoms with van der Waals surface area (Å²) in [7, 11) is 1.12. The first-order chi connectivity index (χ1) is 12.9. The summed E-state index contributed by atoms with van der Waals surface area (Å²) in [6, 6.07) is 1.89. The zero-order chi connectivity index (χ0) is 19.6. The van der Waals surface area contributed by atoms with Gasteiger partial charge in [-0.05, 0) is 12.8 Å². The van der Waals surface area contributed by atoms with Crippen molar-refractivity contribution in [3.63, 3.8) is 0 Å². The molecule has 0 saturated carbocycles. The number of non-ortho nitro benzene ring substituents is 1. The van der Waals surface area contributed by atoms with E-state index in [1.807, 2.05) is 0 Å². The van der Waals surface area contributed by atoms with Crippen LogP contribution in [0.1, 0.15) is 34.9 Å². The summed E-state index contributed by atoms with van der Waals surface area (Å²) >= 11 is 0. The Balaban J connectivity index is 2.10. The normalized spacial score (nSPS) is 16.8. The highest BCUT2D eigenvalue weighted by Crippen LogP contribution is 2.39. The molecule has 0 amide bonds. The van der Waals surface area contributed by atoms with E-state index in [1.165, 1.54) is 0 Å². The number of carbonyl (C=O) groups excluding carboxylic acids is 1. The lowest BCUT2D eigenvalue weighted by Gasteiger charge is -2.34. The van der Waals surface area contributed by atoms with E-state index in [9.17, 15) is 25.0 Å². The van der Waals surface area contributed by atoms with Crippen molar-refractivity contribution >= 4 is 23.0 Å². The van der Waals surface area contributed by atoms with Crippen LogP contribution >= 0.6 is 0 Å². The van der Waals surface area contributed by atoms with Crippen LogP contribution < -0.4 is 4.90 Å². The molecule has 1 aromatic carbocycles. The van der Waals surface area contributed by atoms with Crippen LogP contribution in [0.15, 0.2) is 24.5 Å². The van der Waals surface area contributed by atoms with Gasteiger partial charge in [-0.2, -0.15) is 0 Å². The number of piperidine rings is 1. The van der Waals surface area contributed by atoms with Crippen molar-refractivity contribution in [2.24, 2.45) is 0 Å². The SMILES string of the molecule is COC(=O)c1cc([N+](=O)[O-])cc([N+](=O)[O-])c1N1CCCC(c2ncc[nH]2)C1. The van der Waals surface area contributed by atoms with E-state index < -0.39 is 27.2 Å². The number of nitrogens with zero attached hydrogens (tertiary/aromatic N) is 4. The number of rotatable bonds is 5. The van der Waals surface area contributed by atoms with E-state index in [1.54, 1.807) is 17.3 Å². The Bertz CT molecular complexity index is 882. The Kier molecular flexibility index (Phi) is 5.01. The molecule has 1 fully saturated rings. The second kappa shape index (κ2) is 7.40. The lowest BCUT2D eigenvalue weighted by molar-refractivity contribution is -0.393. The molecule has 142 valence electrons. The molecule has 1 aliphatic rings. The van der Waals surface area contributed by atoms with Crippen molar-refractivity contribution in [1.82, 2.24) is 9.97 Å². The number of nitro benzene ring substituents is 2. The Morgan fingerprint density at radius 3 is 2.70 bits per heavy atom. The number of benzene rings is 1. The van der Waals surface area contributed by atoms with Gasteiger partial charge in [-0.3, -0.25) is 20.2 Å². The molecular weight excluding hydrogens is 358 g/mol. The van der Waals surface area contributed by atoms with E-state index in [-0.39, 0.29) is 17.2 Å². The third-order valence-electron chi connectivity index (χ3n) is 4.53. The number of nitro groups is 2. The second-order valence-corrected chi connectivity index (χ2v) is 6.13. The lowest BCUT2D eigenvalue weighted by atomic mass is 9.95. The third-order valence-corrected chi connectivity index (χ3v) is 4.53. The van der Waals surface area contributed by atoms with Crippen LogP contribution in [0.4, 0.5) is 17.1 Å². The molecule has 1 unspecified atom stereocenters. The van der Waals surface area contributed by atoms with Crippen molar-refractivity contribution in [2.45, 2.75) is 18.8 Å². The van der Waals surface area contributed by atoms with Gasteiger partial charge in [-0.1, -0.05) is 0 Å². The average Bonchev–Trinajstić information content (AvgIpc) is 3.21. The van der Waals surface area contributed by atoms with Crippen molar-refractivity contribution in [3.05, 3.63) is 56.1 Å². The molecule has 11 heteroatoms. The predicted octanol–water partition coefficient (Wildman–Crippen LogP) is 2.40. The van der Waals surface area contributed by atoms with Crippen molar-refractivity contribution in [1.29, 1.82) is 0 Å². The predicted molar refractivity (Wildman–Crippen MR) is 93.9 cm³/mol. The smallest absolute Gasteiger partial charge is 0.340 e. The van der Waals surface area contributed by atoms with Gasteiger partial charge in [0.25, 0.3) is 11.4 Å². The fraction of sp³-hybridized carbons (Fsp3) is 0.375.